The molecule has 0 radical (unpaired) electrons. The highest BCUT2D eigenvalue weighted by atomic mass is 15.2. The van der Waals surface area contributed by atoms with Gasteiger partial charge in [0.15, 0.2) is 0 Å². The first-order chi connectivity index (χ1) is 7.70. The van der Waals surface area contributed by atoms with Gasteiger partial charge in [-0.3, -0.25) is 4.98 Å². The van der Waals surface area contributed by atoms with Crippen molar-refractivity contribution in [3.8, 4) is 0 Å². The number of nitrogens with zero attached hydrogens (tertiary/aromatic N) is 3. The van der Waals surface area contributed by atoms with Gasteiger partial charge in [-0.05, 0) is 39.2 Å². The van der Waals surface area contributed by atoms with Gasteiger partial charge < -0.3 is 10.6 Å². The predicted molar refractivity (Wildman–Crippen MR) is 65.5 cm³/mol. The van der Waals surface area contributed by atoms with Crippen molar-refractivity contribution in [3.63, 3.8) is 0 Å². The van der Waals surface area contributed by atoms with E-state index < -0.39 is 0 Å². The summed E-state index contributed by atoms with van der Waals surface area (Å²) < 4.78 is 0. The Morgan fingerprint density at radius 2 is 2.00 bits per heavy atom. The third-order valence-corrected chi connectivity index (χ3v) is 3.45. The van der Waals surface area contributed by atoms with Gasteiger partial charge in [0.05, 0.1) is 17.6 Å². The Morgan fingerprint density at radius 1 is 1.31 bits per heavy atom. The van der Waals surface area contributed by atoms with Crippen molar-refractivity contribution in [1.82, 2.24) is 9.97 Å². The van der Waals surface area contributed by atoms with Crippen LogP contribution >= 0.6 is 0 Å². The Bertz CT molecular complexity index is 356. The number of rotatable bonds is 2. The standard InChI is InChI=1S/C12H20N4/c1-9-10(2)15-12(8-14-9)16-5-3-11(7-13)4-6-16/h8,11H,3-7,13H2,1-2H3. The maximum absolute atomic E-state index is 5.68. The van der Waals surface area contributed by atoms with Gasteiger partial charge in [0.1, 0.15) is 5.82 Å². The largest absolute Gasteiger partial charge is 0.355 e. The maximum Gasteiger partial charge on any atom is 0.147 e. The zero-order valence-electron chi connectivity index (χ0n) is 10.1. The number of piperidine rings is 1. The molecule has 4 nitrogen and oxygen atoms in total. The van der Waals surface area contributed by atoms with E-state index in [4.69, 9.17) is 5.73 Å². The summed E-state index contributed by atoms with van der Waals surface area (Å²) >= 11 is 0. The summed E-state index contributed by atoms with van der Waals surface area (Å²) in [5.74, 6) is 1.70. The molecule has 0 amide bonds. The molecule has 0 saturated carbocycles. The fourth-order valence-electron chi connectivity index (χ4n) is 2.08. The molecule has 0 atom stereocenters. The smallest absolute Gasteiger partial charge is 0.147 e. The van der Waals surface area contributed by atoms with Crippen molar-refractivity contribution < 1.29 is 0 Å². The van der Waals surface area contributed by atoms with E-state index in [1.54, 1.807) is 0 Å². The van der Waals surface area contributed by atoms with Crippen LogP contribution in [0.1, 0.15) is 24.2 Å². The van der Waals surface area contributed by atoms with Crippen LogP contribution in [-0.2, 0) is 0 Å². The Morgan fingerprint density at radius 3 is 2.56 bits per heavy atom. The lowest BCUT2D eigenvalue weighted by Gasteiger charge is -2.32. The SMILES string of the molecule is Cc1ncc(N2CCC(CN)CC2)nc1C. The first-order valence-corrected chi connectivity index (χ1v) is 5.96. The quantitative estimate of drug-likeness (QED) is 0.815. The van der Waals surface area contributed by atoms with E-state index in [1.165, 1.54) is 12.8 Å². The molecule has 1 aliphatic rings. The molecule has 2 rings (SSSR count). The minimum atomic E-state index is 0.691. The van der Waals surface area contributed by atoms with Crippen LogP contribution in [0, 0.1) is 19.8 Å². The molecular weight excluding hydrogens is 200 g/mol. The second-order valence-electron chi connectivity index (χ2n) is 4.57. The average molecular weight is 220 g/mol. The van der Waals surface area contributed by atoms with Crippen LogP contribution in [0.4, 0.5) is 5.82 Å². The van der Waals surface area contributed by atoms with E-state index in [1.807, 2.05) is 20.0 Å². The molecule has 1 aromatic rings. The van der Waals surface area contributed by atoms with Crippen LogP contribution in [0.5, 0.6) is 0 Å². The zero-order chi connectivity index (χ0) is 11.5. The van der Waals surface area contributed by atoms with Crippen molar-refractivity contribution in [3.05, 3.63) is 17.6 Å². The highest BCUT2D eigenvalue weighted by Crippen LogP contribution is 2.21. The van der Waals surface area contributed by atoms with Crippen molar-refractivity contribution in [1.29, 1.82) is 0 Å². The van der Waals surface area contributed by atoms with Gasteiger partial charge in [-0.15, -0.1) is 0 Å². The van der Waals surface area contributed by atoms with Crippen LogP contribution in [0.15, 0.2) is 6.20 Å². The van der Waals surface area contributed by atoms with Crippen LogP contribution in [0.3, 0.4) is 0 Å². The van der Waals surface area contributed by atoms with E-state index >= 15 is 0 Å². The summed E-state index contributed by atoms with van der Waals surface area (Å²) in [6.45, 7) is 6.93. The molecule has 0 unspecified atom stereocenters. The Labute approximate surface area is 96.9 Å². The van der Waals surface area contributed by atoms with Crippen molar-refractivity contribution in [2.75, 3.05) is 24.5 Å². The molecule has 1 aromatic heterocycles. The predicted octanol–water partition coefficient (Wildman–Crippen LogP) is 1.27. The van der Waals surface area contributed by atoms with Gasteiger partial charge in [-0.1, -0.05) is 0 Å². The number of hydrogen-bond acceptors (Lipinski definition) is 4. The second kappa shape index (κ2) is 4.78. The Balaban J connectivity index is 2.05. The fourth-order valence-corrected chi connectivity index (χ4v) is 2.08. The number of hydrogen-bond donors (Lipinski definition) is 1. The van der Waals surface area contributed by atoms with Gasteiger partial charge in [0.2, 0.25) is 0 Å². The lowest BCUT2D eigenvalue weighted by molar-refractivity contribution is 0.412. The summed E-state index contributed by atoms with van der Waals surface area (Å²) in [5.41, 5.74) is 7.73. The van der Waals surface area contributed by atoms with Gasteiger partial charge in [-0.2, -0.15) is 0 Å². The molecule has 2 heterocycles. The van der Waals surface area contributed by atoms with E-state index in [-0.39, 0.29) is 0 Å². The molecule has 1 saturated heterocycles. The molecule has 4 heteroatoms. The van der Waals surface area contributed by atoms with Crippen LogP contribution in [-0.4, -0.2) is 29.6 Å². The summed E-state index contributed by atoms with van der Waals surface area (Å²) in [4.78, 5) is 11.3. The summed E-state index contributed by atoms with van der Waals surface area (Å²) in [5, 5.41) is 0. The van der Waals surface area contributed by atoms with Crippen LogP contribution in [0.25, 0.3) is 0 Å². The second-order valence-corrected chi connectivity index (χ2v) is 4.57. The number of aromatic nitrogens is 2. The highest BCUT2D eigenvalue weighted by Gasteiger charge is 2.19. The van der Waals surface area contributed by atoms with Gasteiger partial charge in [0.25, 0.3) is 0 Å². The summed E-state index contributed by atoms with van der Waals surface area (Å²) in [7, 11) is 0. The van der Waals surface area contributed by atoms with Gasteiger partial charge in [-0.25, -0.2) is 4.98 Å². The van der Waals surface area contributed by atoms with Crippen LogP contribution < -0.4 is 10.6 Å². The Hall–Kier alpha value is -1.16. The third kappa shape index (κ3) is 2.32. The molecule has 0 bridgehead atoms. The molecule has 1 fully saturated rings. The monoisotopic (exact) mass is 220 g/mol. The van der Waals surface area contributed by atoms with Crippen molar-refractivity contribution in [2.24, 2.45) is 11.7 Å². The number of anilines is 1. The third-order valence-electron chi connectivity index (χ3n) is 3.45. The molecule has 0 aromatic carbocycles. The number of aryl methyl sites for hydroxylation is 2. The van der Waals surface area contributed by atoms with E-state index in [0.717, 1.165) is 36.8 Å². The van der Waals surface area contributed by atoms with Crippen molar-refractivity contribution >= 4 is 5.82 Å². The fraction of sp³-hybridized carbons (Fsp3) is 0.667. The van der Waals surface area contributed by atoms with Crippen molar-refractivity contribution in [2.45, 2.75) is 26.7 Å². The number of nitrogens with two attached hydrogens (primary N) is 1. The molecule has 1 aliphatic heterocycles. The maximum atomic E-state index is 5.68. The van der Waals surface area contributed by atoms with Gasteiger partial charge in [0, 0.05) is 13.1 Å². The molecule has 0 spiro atoms. The van der Waals surface area contributed by atoms with E-state index in [0.29, 0.717) is 5.92 Å². The lowest BCUT2D eigenvalue weighted by atomic mass is 9.97. The Kier molecular flexibility index (Phi) is 3.39. The summed E-state index contributed by atoms with van der Waals surface area (Å²) in [6, 6.07) is 0. The van der Waals surface area contributed by atoms with E-state index in [2.05, 4.69) is 14.9 Å². The minimum Gasteiger partial charge on any atom is -0.355 e. The molecular formula is C12H20N4. The van der Waals surface area contributed by atoms with E-state index in [9.17, 15) is 0 Å². The lowest BCUT2D eigenvalue weighted by Crippen LogP contribution is -2.36. The normalized spacial score (nSPS) is 17.8. The topological polar surface area (TPSA) is 55.0 Å². The molecule has 88 valence electrons. The summed E-state index contributed by atoms with van der Waals surface area (Å²) in [6.07, 6.45) is 4.22. The highest BCUT2D eigenvalue weighted by molar-refractivity contribution is 5.37. The molecule has 2 N–H and O–H groups in total. The van der Waals surface area contributed by atoms with Gasteiger partial charge >= 0.3 is 0 Å². The zero-order valence-corrected chi connectivity index (χ0v) is 10.1. The first kappa shape index (κ1) is 11.3. The molecule has 16 heavy (non-hydrogen) atoms. The average Bonchev–Trinajstić information content (AvgIpc) is 2.33. The van der Waals surface area contributed by atoms with Crippen LogP contribution in [0.2, 0.25) is 0 Å². The first-order valence-electron chi connectivity index (χ1n) is 5.96. The minimum absolute atomic E-state index is 0.691. The molecule has 0 aliphatic carbocycles.